The third kappa shape index (κ3) is 5.28. The maximum absolute atomic E-state index is 3.90. The molecule has 0 aliphatic heterocycles. The Morgan fingerprint density at radius 3 is 1.36 bits per heavy atom. The molecule has 0 aliphatic rings. The van der Waals surface area contributed by atoms with Crippen LogP contribution in [0.1, 0.15) is 27.7 Å². The second-order valence-electron chi connectivity index (χ2n) is 7.33. The van der Waals surface area contributed by atoms with Crippen LogP contribution in [0.25, 0.3) is 0 Å². The Morgan fingerprint density at radius 1 is 0.607 bits per heavy atom. The second kappa shape index (κ2) is 10.3. The van der Waals surface area contributed by atoms with Crippen molar-refractivity contribution in [1.29, 1.82) is 0 Å². The number of benzene rings is 3. The minimum Gasteiger partial charge on any atom is -0.277 e. The molecule has 1 atom stereocenters. The Labute approximate surface area is 172 Å². The van der Waals surface area contributed by atoms with Gasteiger partial charge in [0, 0.05) is 25.5 Å². The fourth-order valence-corrected chi connectivity index (χ4v) is 8.99. The van der Waals surface area contributed by atoms with Crippen molar-refractivity contribution in [2.45, 2.75) is 39.8 Å². The predicted molar refractivity (Wildman–Crippen MR) is 127 cm³/mol. The fourth-order valence-electron chi connectivity index (χ4n) is 3.14. The van der Waals surface area contributed by atoms with Gasteiger partial charge in [0.2, 0.25) is 0 Å². The average molecular weight is 408 g/mol. The van der Waals surface area contributed by atoms with E-state index in [-0.39, 0.29) is 0 Å². The minimum absolute atomic E-state index is 0.407. The van der Waals surface area contributed by atoms with E-state index >= 15 is 0 Å². The Morgan fingerprint density at radius 2 is 1.00 bits per heavy atom. The van der Waals surface area contributed by atoms with Gasteiger partial charge < -0.3 is 0 Å². The van der Waals surface area contributed by atoms with Crippen molar-refractivity contribution in [3.63, 3.8) is 0 Å². The van der Waals surface area contributed by atoms with Gasteiger partial charge in [0.25, 0.3) is 0 Å². The molecule has 3 rings (SSSR count). The van der Waals surface area contributed by atoms with Gasteiger partial charge >= 0.3 is 0 Å². The van der Waals surface area contributed by atoms with Gasteiger partial charge in [-0.25, -0.2) is 4.44 Å². The molecule has 0 saturated carbocycles. The molecule has 0 amide bonds. The first-order valence-electron chi connectivity index (χ1n) is 9.88. The van der Waals surface area contributed by atoms with Gasteiger partial charge in [0.15, 0.2) is 0 Å². The maximum atomic E-state index is 3.90. The summed E-state index contributed by atoms with van der Waals surface area (Å²) in [6.07, 6.45) is 0. The van der Waals surface area contributed by atoms with E-state index in [4.69, 9.17) is 0 Å². The van der Waals surface area contributed by atoms with Crippen molar-refractivity contribution in [1.82, 2.24) is 9.53 Å². The van der Waals surface area contributed by atoms with E-state index in [0.29, 0.717) is 12.1 Å². The zero-order chi connectivity index (χ0) is 19.9. The lowest BCUT2D eigenvalue weighted by Gasteiger charge is -2.42. The number of nitrogens with zero attached hydrogens (tertiary/aromatic N) is 1. The van der Waals surface area contributed by atoms with Crippen molar-refractivity contribution >= 4 is 32.2 Å². The summed E-state index contributed by atoms with van der Waals surface area (Å²) in [5.74, 6) is 0. The first-order valence-corrected chi connectivity index (χ1v) is 12.5. The SMILES string of the molecule is CC(C)N[P@@](c1ccccc1)N(C(C)C)P(c1ccccc1)c1ccccc1. The van der Waals surface area contributed by atoms with E-state index in [1.54, 1.807) is 0 Å². The second-order valence-corrected chi connectivity index (χ2v) is 11.6. The van der Waals surface area contributed by atoms with E-state index < -0.39 is 16.3 Å². The number of hydrogen-bond acceptors (Lipinski definition) is 2. The normalized spacial score (nSPS) is 12.9. The third-order valence-corrected chi connectivity index (χ3v) is 10.2. The average Bonchev–Trinajstić information content (AvgIpc) is 2.72. The topological polar surface area (TPSA) is 15.3 Å². The van der Waals surface area contributed by atoms with Gasteiger partial charge in [0.05, 0.1) is 8.22 Å². The zero-order valence-electron chi connectivity index (χ0n) is 17.2. The van der Waals surface area contributed by atoms with Gasteiger partial charge in [-0.3, -0.25) is 5.09 Å². The van der Waals surface area contributed by atoms with E-state index in [0.717, 1.165) is 0 Å². The molecular formula is C24H30N2P2. The van der Waals surface area contributed by atoms with Crippen LogP contribution in [0.4, 0.5) is 0 Å². The smallest absolute Gasteiger partial charge is 0.0743 e. The summed E-state index contributed by atoms with van der Waals surface area (Å²) in [5.41, 5.74) is 0. The quantitative estimate of drug-likeness (QED) is 0.504. The van der Waals surface area contributed by atoms with Gasteiger partial charge in [-0.15, -0.1) is 0 Å². The van der Waals surface area contributed by atoms with E-state index in [1.807, 2.05) is 0 Å². The molecule has 0 aliphatic carbocycles. The van der Waals surface area contributed by atoms with Crippen molar-refractivity contribution in [3.05, 3.63) is 91.0 Å². The molecule has 0 spiro atoms. The van der Waals surface area contributed by atoms with Crippen molar-refractivity contribution in [3.8, 4) is 0 Å². The molecule has 4 heteroatoms. The van der Waals surface area contributed by atoms with Crippen LogP contribution in [0.5, 0.6) is 0 Å². The van der Waals surface area contributed by atoms with Crippen LogP contribution in [-0.4, -0.2) is 16.5 Å². The molecule has 3 aromatic rings. The van der Waals surface area contributed by atoms with Crippen LogP contribution in [0.3, 0.4) is 0 Å². The zero-order valence-corrected chi connectivity index (χ0v) is 18.9. The first-order chi connectivity index (χ1) is 13.6. The van der Waals surface area contributed by atoms with E-state index in [1.165, 1.54) is 15.9 Å². The lowest BCUT2D eigenvalue weighted by atomic mass is 10.4. The Kier molecular flexibility index (Phi) is 7.77. The highest BCUT2D eigenvalue weighted by atomic mass is 31.2. The number of rotatable bonds is 8. The van der Waals surface area contributed by atoms with Gasteiger partial charge in [-0.1, -0.05) is 91.0 Å². The van der Waals surface area contributed by atoms with Crippen LogP contribution in [0, 0.1) is 0 Å². The summed E-state index contributed by atoms with van der Waals surface area (Å²) in [6, 6.07) is 33.7. The van der Waals surface area contributed by atoms with Crippen LogP contribution >= 0.6 is 16.3 Å². The van der Waals surface area contributed by atoms with E-state index in [9.17, 15) is 0 Å². The number of nitrogens with one attached hydrogen (secondary N) is 1. The predicted octanol–water partition coefficient (Wildman–Crippen LogP) is 5.38. The van der Waals surface area contributed by atoms with Gasteiger partial charge in [-0.2, -0.15) is 0 Å². The molecule has 1 N–H and O–H groups in total. The molecule has 146 valence electrons. The molecule has 3 aromatic carbocycles. The molecule has 0 fully saturated rings. The monoisotopic (exact) mass is 408 g/mol. The summed E-state index contributed by atoms with van der Waals surface area (Å²) < 4.78 is 2.73. The molecular weight excluding hydrogens is 378 g/mol. The molecule has 0 bridgehead atoms. The van der Waals surface area contributed by atoms with Crippen LogP contribution in [0.15, 0.2) is 91.0 Å². The number of hydrogen-bond donors (Lipinski definition) is 1. The van der Waals surface area contributed by atoms with Crippen LogP contribution < -0.4 is 21.0 Å². The lowest BCUT2D eigenvalue weighted by molar-refractivity contribution is 0.566. The molecule has 28 heavy (non-hydrogen) atoms. The summed E-state index contributed by atoms with van der Waals surface area (Å²) >= 11 is 0. The lowest BCUT2D eigenvalue weighted by Crippen LogP contribution is -2.38. The molecule has 0 heterocycles. The van der Waals surface area contributed by atoms with Gasteiger partial charge in [0.1, 0.15) is 0 Å². The van der Waals surface area contributed by atoms with Crippen molar-refractivity contribution in [2.24, 2.45) is 0 Å². The highest BCUT2D eigenvalue weighted by molar-refractivity contribution is 7.81. The molecule has 0 aromatic heterocycles. The van der Waals surface area contributed by atoms with Crippen LogP contribution in [0.2, 0.25) is 0 Å². The first kappa shape index (κ1) is 21.2. The molecule has 0 saturated heterocycles. The standard InChI is InChI=1S/C24H30N2P2/c1-20(2)25-28(24-18-12-7-13-19-24)26(21(3)4)27(22-14-8-5-9-15-22)23-16-10-6-11-17-23/h5-21,25H,1-4H3/t28-/m1/s1. The summed E-state index contributed by atoms with van der Waals surface area (Å²) in [4.78, 5) is 0. The fraction of sp³-hybridized carbons (Fsp3) is 0.250. The Hall–Kier alpha value is -1.56. The highest BCUT2D eigenvalue weighted by Crippen LogP contribution is 2.54. The summed E-state index contributed by atoms with van der Waals surface area (Å²) in [7, 11) is -1.32. The minimum atomic E-state index is -0.673. The maximum Gasteiger partial charge on any atom is 0.0743 e. The highest BCUT2D eigenvalue weighted by Gasteiger charge is 2.32. The molecule has 0 unspecified atom stereocenters. The van der Waals surface area contributed by atoms with Crippen molar-refractivity contribution in [2.75, 3.05) is 0 Å². The summed E-state index contributed by atoms with van der Waals surface area (Å²) in [5, 5.41) is 8.07. The third-order valence-electron chi connectivity index (χ3n) is 4.25. The summed E-state index contributed by atoms with van der Waals surface area (Å²) in [6.45, 7) is 9.12. The van der Waals surface area contributed by atoms with Crippen molar-refractivity contribution < 1.29 is 0 Å². The van der Waals surface area contributed by atoms with Gasteiger partial charge in [-0.05, 0) is 38.3 Å². The Bertz CT molecular complexity index is 783. The molecule has 2 nitrogen and oxygen atoms in total. The van der Waals surface area contributed by atoms with E-state index in [2.05, 4.69) is 128 Å². The Balaban J connectivity index is 2.14. The largest absolute Gasteiger partial charge is 0.277 e. The molecule has 0 radical (unpaired) electrons. The van der Waals surface area contributed by atoms with Crippen LogP contribution in [-0.2, 0) is 0 Å².